The number of aryl methyl sites for hydroxylation is 2. The molecule has 2 amide bonds. The first-order valence-corrected chi connectivity index (χ1v) is 7.37. The number of hydrogen-bond donors (Lipinski definition) is 2. The average molecular weight is 298 g/mol. The van der Waals surface area contributed by atoms with Crippen LogP contribution in [-0.4, -0.2) is 29.2 Å². The average Bonchev–Trinajstić information content (AvgIpc) is 2.46. The molecule has 0 aliphatic carbocycles. The highest BCUT2D eigenvalue weighted by Gasteiger charge is 2.13. The molecule has 0 saturated heterocycles. The molecule has 4 nitrogen and oxygen atoms in total. The van der Waals surface area contributed by atoms with Crippen LogP contribution >= 0.6 is 0 Å². The van der Waals surface area contributed by atoms with Crippen molar-refractivity contribution in [2.45, 2.75) is 20.4 Å². The molecule has 0 bridgehead atoms. The second kappa shape index (κ2) is 7.61. The number of amides is 2. The van der Waals surface area contributed by atoms with Gasteiger partial charge in [0.25, 0.3) is 0 Å². The first-order valence-electron chi connectivity index (χ1n) is 7.37. The summed E-state index contributed by atoms with van der Waals surface area (Å²) in [7, 11) is 0. The Hall–Kier alpha value is -2.33. The van der Waals surface area contributed by atoms with Crippen LogP contribution in [-0.2, 0) is 6.54 Å². The summed E-state index contributed by atoms with van der Waals surface area (Å²) in [5.41, 5.74) is 4.02. The minimum atomic E-state index is -0.206. The van der Waals surface area contributed by atoms with Gasteiger partial charge in [0.05, 0.1) is 6.61 Å². The molecule has 0 spiro atoms. The Labute approximate surface area is 131 Å². The summed E-state index contributed by atoms with van der Waals surface area (Å²) in [6.45, 7) is 4.70. The number of aliphatic hydroxyl groups excluding tert-OH is 1. The van der Waals surface area contributed by atoms with Crippen molar-refractivity contribution in [2.75, 3.05) is 18.5 Å². The molecule has 2 rings (SSSR count). The summed E-state index contributed by atoms with van der Waals surface area (Å²) in [5, 5.41) is 12.1. The summed E-state index contributed by atoms with van der Waals surface area (Å²) in [6, 6.07) is 15.5. The summed E-state index contributed by atoms with van der Waals surface area (Å²) in [5.74, 6) is 0. The predicted molar refractivity (Wildman–Crippen MR) is 88.9 cm³/mol. The lowest BCUT2D eigenvalue weighted by molar-refractivity contribution is 0.185. The number of hydrogen-bond acceptors (Lipinski definition) is 2. The zero-order valence-electron chi connectivity index (χ0n) is 13.0. The quantitative estimate of drug-likeness (QED) is 0.889. The summed E-state index contributed by atoms with van der Waals surface area (Å²) in [4.78, 5) is 14.0. The Bertz CT molecular complexity index is 606. The van der Waals surface area contributed by atoms with Gasteiger partial charge in [-0.05, 0) is 42.7 Å². The Morgan fingerprint density at radius 2 is 1.73 bits per heavy atom. The fourth-order valence-electron chi connectivity index (χ4n) is 2.43. The van der Waals surface area contributed by atoms with E-state index in [4.69, 9.17) is 0 Å². The smallest absolute Gasteiger partial charge is 0.322 e. The molecule has 0 aliphatic heterocycles. The van der Waals surface area contributed by atoms with E-state index in [2.05, 4.69) is 11.4 Å². The van der Waals surface area contributed by atoms with E-state index in [1.54, 1.807) is 4.90 Å². The van der Waals surface area contributed by atoms with Gasteiger partial charge in [-0.15, -0.1) is 0 Å². The summed E-state index contributed by atoms with van der Waals surface area (Å²) in [6.07, 6.45) is 0. The maximum atomic E-state index is 12.4. The standard InChI is InChI=1S/C18H22N2O2/c1-14-10-15(2)12-17(11-14)19-18(22)20(8-9-21)13-16-6-4-3-5-7-16/h3-7,10-12,21H,8-9,13H2,1-2H3,(H,19,22). The maximum absolute atomic E-state index is 12.4. The van der Waals surface area contributed by atoms with Gasteiger partial charge in [-0.1, -0.05) is 36.4 Å². The van der Waals surface area contributed by atoms with Gasteiger partial charge in [-0.3, -0.25) is 0 Å². The van der Waals surface area contributed by atoms with Crippen molar-refractivity contribution in [1.29, 1.82) is 0 Å². The Balaban J connectivity index is 2.09. The fraction of sp³-hybridized carbons (Fsp3) is 0.278. The zero-order chi connectivity index (χ0) is 15.9. The van der Waals surface area contributed by atoms with Crippen molar-refractivity contribution in [3.63, 3.8) is 0 Å². The van der Waals surface area contributed by atoms with Gasteiger partial charge in [-0.25, -0.2) is 4.79 Å². The predicted octanol–water partition coefficient (Wildman–Crippen LogP) is 3.33. The van der Waals surface area contributed by atoms with Crippen LogP contribution < -0.4 is 5.32 Å². The highest BCUT2D eigenvalue weighted by atomic mass is 16.3. The molecule has 22 heavy (non-hydrogen) atoms. The van der Waals surface area contributed by atoms with Gasteiger partial charge in [0, 0.05) is 18.8 Å². The van der Waals surface area contributed by atoms with Crippen LogP contribution in [0.3, 0.4) is 0 Å². The molecule has 0 aliphatic rings. The van der Waals surface area contributed by atoms with E-state index >= 15 is 0 Å². The highest BCUT2D eigenvalue weighted by Crippen LogP contribution is 2.15. The van der Waals surface area contributed by atoms with Crippen molar-refractivity contribution in [1.82, 2.24) is 4.90 Å². The summed E-state index contributed by atoms with van der Waals surface area (Å²) >= 11 is 0. The molecule has 2 N–H and O–H groups in total. The molecule has 4 heteroatoms. The second-order valence-corrected chi connectivity index (χ2v) is 5.44. The zero-order valence-corrected chi connectivity index (χ0v) is 13.0. The van der Waals surface area contributed by atoms with Crippen molar-refractivity contribution in [3.8, 4) is 0 Å². The van der Waals surface area contributed by atoms with Gasteiger partial charge in [-0.2, -0.15) is 0 Å². The van der Waals surface area contributed by atoms with Crippen LogP contribution in [0, 0.1) is 13.8 Å². The minimum absolute atomic E-state index is 0.0624. The lowest BCUT2D eigenvalue weighted by atomic mass is 10.1. The van der Waals surface area contributed by atoms with E-state index in [0.29, 0.717) is 13.1 Å². The van der Waals surface area contributed by atoms with Crippen molar-refractivity contribution in [2.24, 2.45) is 0 Å². The van der Waals surface area contributed by atoms with Crippen LogP contribution in [0.5, 0.6) is 0 Å². The molecular weight excluding hydrogens is 276 g/mol. The summed E-state index contributed by atoms with van der Waals surface area (Å²) < 4.78 is 0. The van der Waals surface area contributed by atoms with E-state index in [9.17, 15) is 9.90 Å². The molecule has 0 saturated carbocycles. The Morgan fingerprint density at radius 1 is 1.09 bits per heavy atom. The third-order valence-electron chi connectivity index (χ3n) is 3.35. The number of benzene rings is 2. The largest absolute Gasteiger partial charge is 0.395 e. The first-order chi connectivity index (χ1) is 10.6. The number of urea groups is 1. The second-order valence-electron chi connectivity index (χ2n) is 5.44. The van der Waals surface area contributed by atoms with E-state index in [1.807, 2.05) is 56.3 Å². The third-order valence-corrected chi connectivity index (χ3v) is 3.35. The Kier molecular flexibility index (Phi) is 5.55. The number of carbonyl (C=O) groups excluding carboxylic acids is 1. The normalized spacial score (nSPS) is 10.3. The van der Waals surface area contributed by atoms with Crippen LogP contribution in [0.25, 0.3) is 0 Å². The van der Waals surface area contributed by atoms with Crippen molar-refractivity contribution < 1.29 is 9.90 Å². The molecule has 0 aromatic heterocycles. The van der Waals surface area contributed by atoms with E-state index < -0.39 is 0 Å². The van der Waals surface area contributed by atoms with Crippen LogP contribution in [0.1, 0.15) is 16.7 Å². The van der Waals surface area contributed by atoms with Gasteiger partial charge in [0.2, 0.25) is 0 Å². The number of rotatable bonds is 5. The number of anilines is 1. The lowest BCUT2D eigenvalue weighted by Gasteiger charge is -2.22. The molecule has 0 fully saturated rings. The molecule has 2 aromatic carbocycles. The minimum Gasteiger partial charge on any atom is -0.395 e. The van der Waals surface area contributed by atoms with E-state index in [-0.39, 0.29) is 12.6 Å². The SMILES string of the molecule is Cc1cc(C)cc(NC(=O)N(CCO)Cc2ccccc2)c1. The van der Waals surface area contributed by atoms with Crippen molar-refractivity contribution in [3.05, 3.63) is 65.2 Å². The van der Waals surface area contributed by atoms with E-state index in [0.717, 1.165) is 22.4 Å². The molecule has 0 radical (unpaired) electrons. The number of nitrogens with one attached hydrogen (secondary N) is 1. The number of nitrogens with zero attached hydrogens (tertiary/aromatic N) is 1. The first kappa shape index (κ1) is 16.0. The number of carbonyl (C=O) groups is 1. The highest BCUT2D eigenvalue weighted by molar-refractivity contribution is 5.89. The van der Waals surface area contributed by atoms with Gasteiger partial charge in [0.15, 0.2) is 0 Å². The molecule has 0 heterocycles. The monoisotopic (exact) mass is 298 g/mol. The van der Waals surface area contributed by atoms with E-state index in [1.165, 1.54) is 0 Å². The van der Waals surface area contributed by atoms with Gasteiger partial charge in [0.1, 0.15) is 0 Å². The van der Waals surface area contributed by atoms with Crippen LogP contribution in [0.2, 0.25) is 0 Å². The van der Waals surface area contributed by atoms with Crippen molar-refractivity contribution >= 4 is 11.7 Å². The molecule has 2 aromatic rings. The molecule has 0 atom stereocenters. The van der Waals surface area contributed by atoms with Crippen LogP contribution in [0.4, 0.5) is 10.5 Å². The topological polar surface area (TPSA) is 52.6 Å². The fourth-order valence-corrected chi connectivity index (χ4v) is 2.43. The van der Waals surface area contributed by atoms with Crippen LogP contribution in [0.15, 0.2) is 48.5 Å². The lowest BCUT2D eigenvalue weighted by Crippen LogP contribution is -2.36. The third kappa shape index (κ3) is 4.60. The Morgan fingerprint density at radius 3 is 2.32 bits per heavy atom. The molecule has 116 valence electrons. The van der Waals surface area contributed by atoms with Gasteiger partial charge >= 0.3 is 6.03 Å². The van der Waals surface area contributed by atoms with Gasteiger partial charge < -0.3 is 15.3 Å². The molecule has 0 unspecified atom stereocenters. The maximum Gasteiger partial charge on any atom is 0.322 e. The molecular formula is C18H22N2O2. The number of aliphatic hydroxyl groups is 1.